The quantitative estimate of drug-likeness (QED) is 0.811. The average Bonchev–Trinajstić information content (AvgIpc) is 2.40. The predicted octanol–water partition coefficient (Wildman–Crippen LogP) is 4.55. The largest absolute Gasteiger partial charge is 0.330 e. The molecule has 2 aromatic rings. The molecule has 0 spiro atoms. The maximum Gasteiger partial charge on any atom is 0.0234 e. The Hall–Kier alpha value is -0.770. The SMILES string of the molecule is Cc1ccccc1CSc1ccc(Br)cc1CCN. The van der Waals surface area contributed by atoms with Crippen molar-refractivity contribution < 1.29 is 0 Å². The van der Waals surface area contributed by atoms with E-state index in [9.17, 15) is 0 Å². The van der Waals surface area contributed by atoms with Gasteiger partial charge in [-0.25, -0.2) is 0 Å². The number of rotatable bonds is 5. The molecule has 0 aliphatic carbocycles. The molecule has 0 saturated heterocycles. The summed E-state index contributed by atoms with van der Waals surface area (Å²) in [7, 11) is 0. The topological polar surface area (TPSA) is 26.0 Å². The molecule has 0 bridgehead atoms. The summed E-state index contributed by atoms with van der Waals surface area (Å²) in [5.74, 6) is 1.01. The molecular weight excluding hydrogens is 318 g/mol. The highest BCUT2D eigenvalue weighted by molar-refractivity contribution is 9.10. The van der Waals surface area contributed by atoms with Gasteiger partial charge in [0, 0.05) is 15.1 Å². The second-order valence-corrected chi connectivity index (χ2v) is 6.44. The molecule has 0 aromatic heterocycles. The van der Waals surface area contributed by atoms with Crippen LogP contribution in [0.3, 0.4) is 0 Å². The second kappa shape index (κ2) is 7.13. The zero-order chi connectivity index (χ0) is 13.7. The zero-order valence-corrected chi connectivity index (χ0v) is 13.4. The van der Waals surface area contributed by atoms with E-state index in [4.69, 9.17) is 5.73 Å². The number of aryl methyl sites for hydroxylation is 1. The van der Waals surface area contributed by atoms with Gasteiger partial charge in [-0.3, -0.25) is 0 Å². The maximum absolute atomic E-state index is 5.69. The molecule has 2 aromatic carbocycles. The lowest BCUT2D eigenvalue weighted by Crippen LogP contribution is -2.03. The smallest absolute Gasteiger partial charge is 0.0234 e. The maximum atomic E-state index is 5.69. The van der Waals surface area contributed by atoms with Crippen LogP contribution in [0, 0.1) is 6.92 Å². The van der Waals surface area contributed by atoms with E-state index < -0.39 is 0 Å². The van der Waals surface area contributed by atoms with E-state index in [0.717, 1.165) is 16.6 Å². The molecule has 100 valence electrons. The van der Waals surface area contributed by atoms with Crippen molar-refractivity contribution in [2.45, 2.75) is 24.0 Å². The Balaban J connectivity index is 2.13. The first-order valence-corrected chi connectivity index (χ1v) is 8.14. The molecule has 0 atom stereocenters. The van der Waals surface area contributed by atoms with Crippen molar-refractivity contribution in [3.8, 4) is 0 Å². The van der Waals surface area contributed by atoms with Crippen LogP contribution in [-0.4, -0.2) is 6.54 Å². The van der Waals surface area contributed by atoms with Gasteiger partial charge in [0.2, 0.25) is 0 Å². The van der Waals surface area contributed by atoms with Crippen LogP contribution in [0.15, 0.2) is 51.8 Å². The Kier molecular flexibility index (Phi) is 5.49. The van der Waals surface area contributed by atoms with Gasteiger partial charge in [0.25, 0.3) is 0 Å². The van der Waals surface area contributed by atoms with E-state index in [1.165, 1.54) is 21.6 Å². The van der Waals surface area contributed by atoms with Gasteiger partial charge in [-0.2, -0.15) is 0 Å². The normalized spacial score (nSPS) is 10.7. The molecule has 0 aliphatic rings. The molecule has 0 aliphatic heterocycles. The number of benzene rings is 2. The summed E-state index contributed by atoms with van der Waals surface area (Å²) in [6, 6.07) is 15.0. The minimum atomic E-state index is 0.689. The molecule has 0 saturated carbocycles. The Bertz CT molecular complexity index is 554. The first-order valence-electron chi connectivity index (χ1n) is 6.36. The van der Waals surface area contributed by atoms with E-state index >= 15 is 0 Å². The number of halogens is 1. The minimum Gasteiger partial charge on any atom is -0.330 e. The average molecular weight is 336 g/mol. The summed E-state index contributed by atoms with van der Waals surface area (Å²) in [6.45, 7) is 2.85. The van der Waals surface area contributed by atoms with Crippen molar-refractivity contribution in [3.63, 3.8) is 0 Å². The van der Waals surface area contributed by atoms with Crippen molar-refractivity contribution in [1.29, 1.82) is 0 Å². The number of hydrogen-bond acceptors (Lipinski definition) is 2. The predicted molar refractivity (Wildman–Crippen MR) is 87.6 cm³/mol. The van der Waals surface area contributed by atoms with Crippen molar-refractivity contribution in [1.82, 2.24) is 0 Å². The molecule has 1 nitrogen and oxygen atoms in total. The third-order valence-corrected chi connectivity index (χ3v) is 4.74. The molecule has 0 radical (unpaired) electrons. The molecule has 19 heavy (non-hydrogen) atoms. The van der Waals surface area contributed by atoms with Crippen LogP contribution in [0.1, 0.15) is 16.7 Å². The number of nitrogens with two attached hydrogens (primary N) is 1. The van der Waals surface area contributed by atoms with E-state index in [0.29, 0.717) is 6.54 Å². The number of thioether (sulfide) groups is 1. The first-order chi connectivity index (χ1) is 9.20. The Morgan fingerprint density at radius 1 is 1.11 bits per heavy atom. The molecule has 2 rings (SSSR count). The zero-order valence-electron chi connectivity index (χ0n) is 11.0. The van der Waals surface area contributed by atoms with Crippen molar-refractivity contribution in [3.05, 3.63) is 63.6 Å². The van der Waals surface area contributed by atoms with Gasteiger partial charge < -0.3 is 5.73 Å². The summed E-state index contributed by atoms with van der Waals surface area (Å²) in [5.41, 5.74) is 9.77. The van der Waals surface area contributed by atoms with Gasteiger partial charge in [-0.05, 0) is 54.8 Å². The second-order valence-electron chi connectivity index (χ2n) is 4.51. The van der Waals surface area contributed by atoms with Crippen LogP contribution in [0.5, 0.6) is 0 Å². The van der Waals surface area contributed by atoms with Gasteiger partial charge in [0.1, 0.15) is 0 Å². The highest BCUT2D eigenvalue weighted by Crippen LogP contribution is 2.29. The molecule has 0 heterocycles. The van der Waals surface area contributed by atoms with E-state index in [-0.39, 0.29) is 0 Å². The Morgan fingerprint density at radius 2 is 1.89 bits per heavy atom. The van der Waals surface area contributed by atoms with Crippen LogP contribution in [0.2, 0.25) is 0 Å². The fourth-order valence-electron chi connectivity index (χ4n) is 1.97. The molecule has 2 N–H and O–H groups in total. The van der Waals surface area contributed by atoms with Gasteiger partial charge in [0.05, 0.1) is 0 Å². The van der Waals surface area contributed by atoms with Crippen LogP contribution >= 0.6 is 27.7 Å². The van der Waals surface area contributed by atoms with Crippen LogP contribution < -0.4 is 5.73 Å². The molecule has 0 fully saturated rings. The lowest BCUT2D eigenvalue weighted by molar-refractivity contribution is 0.943. The summed E-state index contributed by atoms with van der Waals surface area (Å²) in [6.07, 6.45) is 0.926. The molecule has 0 amide bonds. The van der Waals surface area contributed by atoms with Crippen LogP contribution in [0.25, 0.3) is 0 Å². The van der Waals surface area contributed by atoms with E-state index in [1.54, 1.807) is 0 Å². The highest BCUT2D eigenvalue weighted by Gasteiger charge is 2.05. The third kappa shape index (κ3) is 4.10. The van der Waals surface area contributed by atoms with Gasteiger partial charge in [0.15, 0.2) is 0 Å². The first kappa shape index (κ1) is 14.6. The minimum absolute atomic E-state index is 0.689. The Labute approximate surface area is 127 Å². The lowest BCUT2D eigenvalue weighted by Gasteiger charge is -2.10. The Morgan fingerprint density at radius 3 is 2.63 bits per heavy atom. The standard InChI is InChI=1S/C16H18BrNS/c1-12-4-2-3-5-14(12)11-19-16-7-6-15(17)10-13(16)8-9-18/h2-7,10H,8-9,11,18H2,1H3. The van der Waals surface area contributed by atoms with E-state index in [1.807, 2.05) is 11.8 Å². The fraction of sp³-hybridized carbons (Fsp3) is 0.250. The lowest BCUT2D eigenvalue weighted by atomic mass is 10.1. The fourth-order valence-corrected chi connectivity index (χ4v) is 3.52. The van der Waals surface area contributed by atoms with Crippen molar-refractivity contribution >= 4 is 27.7 Å². The van der Waals surface area contributed by atoms with Gasteiger partial charge >= 0.3 is 0 Å². The monoisotopic (exact) mass is 335 g/mol. The number of hydrogen-bond donors (Lipinski definition) is 1. The molecular formula is C16H18BrNS. The van der Waals surface area contributed by atoms with Gasteiger partial charge in [-0.1, -0.05) is 40.2 Å². The van der Waals surface area contributed by atoms with Crippen LogP contribution in [-0.2, 0) is 12.2 Å². The highest BCUT2D eigenvalue weighted by atomic mass is 79.9. The van der Waals surface area contributed by atoms with E-state index in [2.05, 4.69) is 65.3 Å². The summed E-state index contributed by atoms with van der Waals surface area (Å²) in [4.78, 5) is 1.33. The third-order valence-electron chi connectivity index (χ3n) is 3.08. The van der Waals surface area contributed by atoms with Gasteiger partial charge in [-0.15, -0.1) is 11.8 Å². The van der Waals surface area contributed by atoms with Crippen molar-refractivity contribution in [2.75, 3.05) is 6.54 Å². The summed E-state index contributed by atoms with van der Waals surface area (Å²) >= 11 is 5.41. The molecule has 0 unspecified atom stereocenters. The van der Waals surface area contributed by atoms with Crippen molar-refractivity contribution in [2.24, 2.45) is 5.73 Å². The molecule has 3 heteroatoms. The summed E-state index contributed by atoms with van der Waals surface area (Å²) < 4.78 is 1.12. The van der Waals surface area contributed by atoms with Crippen LogP contribution in [0.4, 0.5) is 0 Å². The summed E-state index contributed by atoms with van der Waals surface area (Å²) in [5, 5.41) is 0.